The second-order valence-corrected chi connectivity index (χ2v) is 8.36. The molecule has 1 aliphatic carbocycles. The molecule has 1 saturated carbocycles. The van der Waals surface area contributed by atoms with Crippen molar-refractivity contribution in [3.05, 3.63) is 65.2 Å². The largest absolute Gasteiger partial charge is 0.426 e. The van der Waals surface area contributed by atoms with Gasteiger partial charge >= 0.3 is 5.97 Å². The molecule has 1 fully saturated rings. The van der Waals surface area contributed by atoms with E-state index in [2.05, 4.69) is 30.6 Å². The molecular weight excluding hydrogens is 380 g/mol. The number of benzene rings is 2. The molecule has 2 aromatic rings. The number of hydrogen-bond donors (Lipinski definition) is 0. The Morgan fingerprint density at radius 1 is 0.839 bits per heavy atom. The van der Waals surface area contributed by atoms with Gasteiger partial charge in [0, 0.05) is 16.7 Å². The normalized spacial score (nSPS) is 17.6. The Hall–Kier alpha value is -2.97. The molecule has 160 valence electrons. The number of rotatable bonds is 6. The maximum absolute atomic E-state index is 12.5. The van der Waals surface area contributed by atoms with E-state index in [4.69, 9.17) is 4.74 Å². The first-order valence-electron chi connectivity index (χ1n) is 11.5. The second-order valence-electron chi connectivity index (χ2n) is 8.36. The molecule has 2 nitrogen and oxygen atoms in total. The van der Waals surface area contributed by atoms with Crippen LogP contribution in [0.2, 0.25) is 0 Å². The molecule has 0 aliphatic heterocycles. The van der Waals surface area contributed by atoms with E-state index >= 15 is 0 Å². The molecule has 0 heterocycles. The third kappa shape index (κ3) is 7.34. The molecule has 0 radical (unpaired) electrons. The summed E-state index contributed by atoms with van der Waals surface area (Å²) in [5, 5.41) is 0. The Bertz CT molecular complexity index is 954. The number of carbonyl (C=O) groups excluding carboxylic acids is 1. The van der Waals surface area contributed by atoms with Crippen molar-refractivity contribution in [2.75, 3.05) is 0 Å². The van der Waals surface area contributed by atoms with Crippen LogP contribution in [0.5, 0.6) is 5.75 Å². The van der Waals surface area contributed by atoms with Crippen LogP contribution in [0.4, 0.5) is 0 Å². The Balaban J connectivity index is 1.48. The summed E-state index contributed by atoms with van der Waals surface area (Å²) in [5.74, 6) is 13.6. The van der Waals surface area contributed by atoms with E-state index in [0.29, 0.717) is 5.75 Å². The number of unbranched alkanes of at least 4 members (excludes halogenated alkanes) is 2. The highest BCUT2D eigenvalue weighted by Crippen LogP contribution is 2.33. The van der Waals surface area contributed by atoms with Crippen molar-refractivity contribution >= 4 is 5.97 Å². The minimum atomic E-state index is -0.0823. The van der Waals surface area contributed by atoms with Gasteiger partial charge in [-0.1, -0.05) is 50.4 Å². The molecule has 1 aliphatic rings. The van der Waals surface area contributed by atoms with Crippen LogP contribution >= 0.6 is 0 Å². The monoisotopic (exact) mass is 412 g/mol. The SMILES string of the molecule is CC#Cc1ccc(C#Cc2ccc(OC(=O)[C@H]3CC[C@H](CCCCC)CC3)cc2)cc1. The smallest absolute Gasteiger partial charge is 0.314 e. The van der Waals surface area contributed by atoms with Gasteiger partial charge in [0.25, 0.3) is 0 Å². The average Bonchev–Trinajstić information content (AvgIpc) is 2.80. The van der Waals surface area contributed by atoms with Gasteiger partial charge in [0.15, 0.2) is 0 Å². The first-order chi connectivity index (χ1) is 15.2. The molecule has 2 aromatic carbocycles. The van der Waals surface area contributed by atoms with Gasteiger partial charge in [-0.15, -0.1) is 5.92 Å². The maximum atomic E-state index is 12.5. The van der Waals surface area contributed by atoms with Crippen LogP contribution in [0.1, 0.15) is 81.9 Å². The van der Waals surface area contributed by atoms with Crippen molar-refractivity contribution in [3.8, 4) is 29.4 Å². The van der Waals surface area contributed by atoms with E-state index in [9.17, 15) is 4.79 Å². The van der Waals surface area contributed by atoms with Gasteiger partial charge in [-0.3, -0.25) is 4.79 Å². The minimum Gasteiger partial charge on any atom is -0.426 e. The molecule has 2 heteroatoms. The molecule has 0 bridgehead atoms. The quantitative estimate of drug-likeness (QED) is 0.227. The third-order valence-electron chi connectivity index (χ3n) is 5.97. The van der Waals surface area contributed by atoms with Gasteiger partial charge in [-0.25, -0.2) is 0 Å². The lowest BCUT2D eigenvalue weighted by Crippen LogP contribution is -2.25. The number of carbonyl (C=O) groups is 1. The van der Waals surface area contributed by atoms with Crippen molar-refractivity contribution in [1.82, 2.24) is 0 Å². The number of ether oxygens (including phenoxy) is 1. The van der Waals surface area contributed by atoms with Crippen molar-refractivity contribution in [3.63, 3.8) is 0 Å². The fourth-order valence-corrected chi connectivity index (χ4v) is 4.10. The van der Waals surface area contributed by atoms with Crippen molar-refractivity contribution in [1.29, 1.82) is 0 Å². The fourth-order valence-electron chi connectivity index (χ4n) is 4.10. The zero-order valence-corrected chi connectivity index (χ0v) is 18.7. The summed E-state index contributed by atoms with van der Waals surface area (Å²) in [6.45, 7) is 4.07. The van der Waals surface area contributed by atoms with Crippen LogP contribution < -0.4 is 4.74 Å². The molecule has 0 N–H and O–H groups in total. The summed E-state index contributed by atoms with van der Waals surface area (Å²) < 4.78 is 5.64. The van der Waals surface area contributed by atoms with Crippen molar-refractivity contribution < 1.29 is 9.53 Å². The van der Waals surface area contributed by atoms with Crippen LogP contribution in [-0.4, -0.2) is 5.97 Å². The predicted octanol–water partition coefficient (Wildman–Crippen LogP) is 6.75. The first-order valence-corrected chi connectivity index (χ1v) is 11.5. The highest BCUT2D eigenvalue weighted by molar-refractivity contribution is 5.75. The Morgan fingerprint density at radius 3 is 1.94 bits per heavy atom. The lowest BCUT2D eigenvalue weighted by molar-refractivity contribution is -0.140. The van der Waals surface area contributed by atoms with Crippen molar-refractivity contribution in [2.24, 2.45) is 11.8 Å². The van der Waals surface area contributed by atoms with Gasteiger partial charge in [0.1, 0.15) is 5.75 Å². The average molecular weight is 413 g/mol. The van der Waals surface area contributed by atoms with E-state index in [1.807, 2.05) is 55.5 Å². The number of esters is 1. The molecule has 3 rings (SSSR count). The topological polar surface area (TPSA) is 26.3 Å². The van der Waals surface area contributed by atoms with Gasteiger partial charge in [0.2, 0.25) is 0 Å². The molecule has 0 atom stereocenters. The van der Waals surface area contributed by atoms with Crippen molar-refractivity contribution in [2.45, 2.75) is 65.2 Å². The van der Waals surface area contributed by atoms with E-state index in [1.165, 1.54) is 25.7 Å². The third-order valence-corrected chi connectivity index (χ3v) is 5.97. The van der Waals surface area contributed by atoms with Crippen LogP contribution in [0.3, 0.4) is 0 Å². The fraction of sp³-hybridized carbons (Fsp3) is 0.414. The summed E-state index contributed by atoms with van der Waals surface area (Å²) in [7, 11) is 0. The zero-order valence-electron chi connectivity index (χ0n) is 18.7. The van der Waals surface area contributed by atoms with Gasteiger partial charge in [-0.2, -0.15) is 0 Å². The molecule has 31 heavy (non-hydrogen) atoms. The molecule has 0 saturated heterocycles. The van der Waals surface area contributed by atoms with Crippen LogP contribution in [0.15, 0.2) is 48.5 Å². The standard InChI is InChI=1S/C29H32O2/c1-3-5-6-8-24-15-19-27(20-16-24)29(30)31-28-21-17-26(18-22-28)14-13-25-11-9-23(7-4-2)10-12-25/h9-12,17-18,21-22,24,27H,3,5-6,8,15-16,19-20H2,1-2H3/t24-,27-. The number of hydrogen-bond acceptors (Lipinski definition) is 2. The predicted molar refractivity (Wildman–Crippen MR) is 127 cm³/mol. The summed E-state index contributed by atoms with van der Waals surface area (Å²) in [5.41, 5.74) is 2.83. The van der Waals surface area contributed by atoms with Gasteiger partial charge in [-0.05, 0) is 87.1 Å². The van der Waals surface area contributed by atoms with Crippen LogP contribution in [0, 0.1) is 35.5 Å². The van der Waals surface area contributed by atoms with E-state index in [-0.39, 0.29) is 11.9 Å². The lowest BCUT2D eigenvalue weighted by Gasteiger charge is -2.27. The van der Waals surface area contributed by atoms with E-state index < -0.39 is 0 Å². The lowest BCUT2D eigenvalue weighted by atomic mass is 9.80. The molecule has 0 amide bonds. The first kappa shape index (κ1) is 22.7. The summed E-state index contributed by atoms with van der Waals surface area (Å²) in [6.07, 6.45) is 9.47. The Labute approximate surface area is 187 Å². The second kappa shape index (κ2) is 12.0. The van der Waals surface area contributed by atoms with Gasteiger partial charge in [0.05, 0.1) is 5.92 Å². The maximum Gasteiger partial charge on any atom is 0.314 e. The van der Waals surface area contributed by atoms with E-state index in [1.54, 1.807) is 0 Å². The van der Waals surface area contributed by atoms with Crippen LogP contribution in [0.25, 0.3) is 0 Å². The summed E-state index contributed by atoms with van der Waals surface area (Å²) in [4.78, 5) is 12.5. The van der Waals surface area contributed by atoms with Gasteiger partial charge < -0.3 is 4.74 Å². The zero-order chi connectivity index (χ0) is 21.9. The van der Waals surface area contributed by atoms with Crippen LogP contribution in [-0.2, 0) is 4.79 Å². The Kier molecular flexibility index (Phi) is 8.81. The molecule has 0 aromatic heterocycles. The summed E-state index contributed by atoms with van der Waals surface area (Å²) in [6, 6.07) is 15.4. The minimum absolute atomic E-state index is 0.0438. The summed E-state index contributed by atoms with van der Waals surface area (Å²) >= 11 is 0. The molecule has 0 spiro atoms. The van der Waals surface area contributed by atoms with E-state index in [0.717, 1.165) is 48.3 Å². The highest BCUT2D eigenvalue weighted by atomic mass is 16.5. The highest BCUT2D eigenvalue weighted by Gasteiger charge is 2.27. The molecular formula is C29H32O2. The Morgan fingerprint density at radius 2 is 1.39 bits per heavy atom. The molecule has 0 unspecified atom stereocenters.